The van der Waals surface area contributed by atoms with Crippen LogP contribution in [0.15, 0.2) is 12.1 Å². The van der Waals surface area contributed by atoms with E-state index < -0.39 is 5.97 Å². The number of rotatable bonds is 1. The van der Waals surface area contributed by atoms with Crippen molar-refractivity contribution in [3.63, 3.8) is 0 Å². The third-order valence-electron chi connectivity index (χ3n) is 2.36. The van der Waals surface area contributed by atoms with Crippen molar-refractivity contribution < 1.29 is 14.3 Å². The number of fused-ring (bicyclic) bond motifs is 1. The molecule has 1 amide bonds. The normalized spacial score (nSPS) is 13.3. The lowest BCUT2D eigenvalue weighted by atomic mass is 10.0. The second-order valence-electron chi connectivity index (χ2n) is 3.27. The molecule has 15 heavy (non-hydrogen) atoms. The summed E-state index contributed by atoms with van der Waals surface area (Å²) in [5.74, 6) is -0.650. The Labute approximate surface area is 86.2 Å². The zero-order valence-electron chi connectivity index (χ0n) is 8.16. The minimum absolute atomic E-state index is 0.159. The van der Waals surface area contributed by atoms with Crippen molar-refractivity contribution >= 4 is 17.6 Å². The maximum Gasteiger partial charge on any atom is 0.339 e. The third kappa shape index (κ3) is 1.41. The lowest BCUT2D eigenvalue weighted by Crippen LogP contribution is -2.12. The van der Waals surface area contributed by atoms with Gasteiger partial charge in [0, 0.05) is 17.8 Å². The molecule has 0 bridgehead atoms. The van der Waals surface area contributed by atoms with Gasteiger partial charge in [-0.2, -0.15) is 0 Å². The lowest BCUT2D eigenvalue weighted by molar-refractivity contribution is 0.0601. The lowest BCUT2D eigenvalue weighted by Gasteiger charge is -2.05. The Balaban J connectivity index is 2.53. The van der Waals surface area contributed by atoms with Crippen LogP contribution in [0.1, 0.15) is 26.3 Å². The number of carbonyl (C=O) groups excluding carboxylic acids is 2. The van der Waals surface area contributed by atoms with E-state index in [0.29, 0.717) is 17.7 Å². The van der Waals surface area contributed by atoms with E-state index >= 15 is 0 Å². The molecular weight excluding hydrogens is 196 g/mol. The topological polar surface area (TPSA) is 81.4 Å². The maximum atomic E-state index is 11.3. The summed E-state index contributed by atoms with van der Waals surface area (Å²) in [5.41, 5.74) is 7.51. The maximum absolute atomic E-state index is 11.3. The van der Waals surface area contributed by atoms with Gasteiger partial charge in [-0.15, -0.1) is 0 Å². The molecule has 1 aliphatic heterocycles. The average molecular weight is 206 g/mol. The van der Waals surface area contributed by atoms with Gasteiger partial charge in [0.05, 0.1) is 12.7 Å². The smallest absolute Gasteiger partial charge is 0.339 e. The average Bonchev–Trinajstić information content (AvgIpc) is 2.58. The Bertz CT molecular complexity index is 454. The van der Waals surface area contributed by atoms with Gasteiger partial charge in [-0.3, -0.25) is 4.79 Å². The molecule has 0 saturated carbocycles. The number of ether oxygens (including phenoxy) is 1. The first-order valence-corrected chi connectivity index (χ1v) is 4.42. The molecule has 0 radical (unpaired) electrons. The van der Waals surface area contributed by atoms with Crippen LogP contribution in [0, 0.1) is 0 Å². The van der Waals surface area contributed by atoms with Gasteiger partial charge in [0.25, 0.3) is 5.91 Å². The molecule has 3 N–H and O–H groups in total. The van der Waals surface area contributed by atoms with Crippen molar-refractivity contribution in [2.45, 2.75) is 6.54 Å². The van der Waals surface area contributed by atoms with E-state index in [0.717, 1.165) is 5.56 Å². The minimum atomic E-state index is -0.491. The van der Waals surface area contributed by atoms with Crippen LogP contribution in [-0.2, 0) is 11.3 Å². The van der Waals surface area contributed by atoms with Crippen molar-refractivity contribution in [3.05, 3.63) is 28.8 Å². The molecule has 1 aromatic carbocycles. The molecule has 0 unspecified atom stereocenters. The largest absolute Gasteiger partial charge is 0.465 e. The summed E-state index contributed by atoms with van der Waals surface area (Å²) in [4.78, 5) is 22.6. The summed E-state index contributed by atoms with van der Waals surface area (Å²) in [6.45, 7) is 0.429. The van der Waals surface area contributed by atoms with Gasteiger partial charge < -0.3 is 15.8 Å². The molecular formula is C10H10N2O3. The molecule has 5 nitrogen and oxygen atoms in total. The van der Waals surface area contributed by atoms with Crippen LogP contribution >= 0.6 is 0 Å². The highest BCUT2D eigenvalue weighted by Crippen LogP contribution is 2.23. The predicted molar refractivity (Wildman–Crippen MR) is 53.4 cm³/mol. The number of nitrogens with one attached hydrogen (secondary N) is 1. The molecule has 2 rings (SSSR count). The molecule has 1 heterocycles. The van der Waals surface area contributed by atoms with Gasteiger partial charge in [-0.1, -0.05) is 0 Å². The van der Waals surface area contributed by atoms with E-state index in [-0.39, 0.29) is 11.6 Å². The molecule has 0 aliphatic carbocycles. The van der Waals surface area contributed by atoms with Gasteiger partial charge in [0.1, 0.15) is 0 Å². The second kappa shape index (κ2) is 3.27. The number of anilines is 1. The van der Waals surface area contributed by atoms with Crippen LogP contribution in [-0.4, -0.2) is 19.0 Å². The van der Waals surface area contributed by atoms with Crippen LogP contribution < -0.4 is 11.1 Å². The van der Waals surface area contributed by atoms with Gasteiger partial charge in [-0.25, -0.2) is 4.79 Å². The first kappa shape index (κ1) is 9.51. The number of carbonyl (C=O) groups is 2. The van der Waals surface area contributed by atoms with Crippen LogP contribution in [0.2, 0.25) is 0 Å². The van der Waals surface area contributed by atoms with E-state index in [1.807, 2.05) is 0 Å². The highest BCUT2D eigenvalue weighted by atomic mass is 16.5. The molecule has 78 valence electrons. The standard InChI is InChI=1S/C10H10N2O3/c1-15-10(14)7-2-5-4-12-9(13)6(5)3-8(7)11/h2-3H,4,11H2,1H3,(H,12,13). The summed E-state index contributed by atoms with van der Waals surface area (Å²) >= 11 is 0. The molecule has 5 heteroatoms. The summed E-state index contributed by atoms with van der Waals surface area (Å²) in [5, 5.41) is 2.65. The molecule has 0 fully saturated rings. The monoisotopic (exact) mass is 206 g/mol. The summed E-state index contributed by atoms with van der Waals surface area (Å²) < 4.78 is 4.58. The van der Waals surface area contributed by atoms with Gasteiger partial charge >= 0.3 is 5.97 Å². The number of amides is 1. The third-order valence-corrected chi connectivity index (χ3v) is 2.36. The fourth-order valence-electron chi connectivity index (χ4n) is 1.58. The van der Waals surface area contributed by atoms with Crippen molar-refractivity contribution in [1.82, 2.24) is 5.32 Å². The van der Waals surface area contributed by atoms with E-state index in [4.69, 9.17) is 5.73 Å². The fourth-order valence-corrected chi connectivity index (χ4v) is 1.58. The van der Waals surface area contributed by atoms with Crippen LogP contribution in [0.3, 0.4) is 0 Å². The summed E-state index contributed by atoms with van der Waals surface area (Å²) in [7, 11) is 1.29. The number of methoxy groups -OCH3 is 1. The first-order chi connectivity index (χ1) is 7.13. The van der Waals surface area contributed by atoms with E-state index in [2.05, 4.69) is 10.1 Å². The quantitative estimate of drug-likeness (QED) is 0.511. The van der Waals surface area contributed by atoms with Crippen LogP contribution in [0.4, 0.5) is 5.69 Å². The van der Waals surface area contributed by atoms with Crippen molar-refractivity contribution in [2.75, 3.05) is 12.8 Å². The minimum Gasteiger partial charge on any atom is -0.465 e. The van der Waals surface area contributed by atoms with E-state index in [1.165, 1.54) is 13.2 Å². The Morgan fingerprint density at radius 2 is 2.27 bits per heavy atom. The van der Waals surface area contributed by atoms with E-state index in [1.54, 1.807) is 6.07 Å². The molecule has 1 aliphatic rings. The van der Waals surface area contributed by atoms with Crippen LogP contribution in [0.5, 0.6) is 0 Å². The molecule has 0 aromatic heterocycles. The highest BCUT2D eigenvalue weighted by molar-refractivity contribution is 6.03. The first-order valence-electron chi connectivity index (χ1n) is 4.42. The Hall–Kier alpha value is -2.04. The van der Waals surface area contributed by atoms with Gasteiger partial charge in [-0.05, 0) is 17.7 Å². The van der Waals surface area contributed by atoms with Crippen molar-refractivity contribution in [1.29, 1.82) is 0 Å². The number of esters is 1. The number of hydrogen-bond donors (Lipinski definition) is 2. The Kier molecular flexibility index (Phi) is 2.07. The highest BCUT2D eigenvalue weighted by Gasteiger charge is 2.22. The Morgan fingerprint density at radius 1 is 1.53 bits per heavy atom. The van der Waals surface area contributed by atoms with Crippen molar-refractivity contribution in [2.24, 2.45) is 0 Å². The number of nitrogens with two attached hydrogens (primary N) is 1. The molecule has 0 spiro atoms. The van der Waals surface area contributed by atoms with Gasteiger partial charge in [0.15, 0.2) is 0 Å². The number of benzene rings is 1. The van der Waals surface area contributed by atoms with Crippen LogP contribution in [0.25, 0.3) is 0 Å². The summed E-state index contributed by atoms with van der Waals surface area (Å²) in [6, 6.07) is 3.10. The SMILES string of the molecule is COC(=O)c1cc2c(cc1N)C(=O)NC2. The summed E-state index contributed by atoms with van der Waals surface area (Å²) in [6.07, 6.45) is 0. The molecule has 1 aromatic rings. The number of hydrogen-bond acceptors (Lipinski definition) is 4. The van der Waals surface area contributed by atoms with Crippen molar-refractivity contribution in [3.8, 4) is 0 Å². The molecule has 0 atom stereocenters. The zero-order chi connectivity index (χ0) is 11.0. The zero-order valence-corrected chi connectivity index (χ0v) is 8.16. The predicted octanol–water partition coefficient (Wildman–Crippen LogP) is 0.299. The van der Waals surface area contributed by atoms with Gasteiger partial charge in [0.2, 0.25) is 0 Å². The van der Waals surface area contributed by atoms with E-state index in [9.17, 15) is 9.59 Å². The molecule has 0 saturated heterocycles. The fraction of sp³-hybridized carbons (Fsp3) is 0.200. The second-order valence-corrected chi connectivity index (χ2v) is 3.27. The Morgan fingerprint density at radius 3 is 2.93 bits per heavy atom. The number of nitrogen functional groups attached to an aromatic ring is 1.